The van der Waals surface area contributed by atoms with Crippen LogP contribution in [0.25, 0.3) is 0 Å². The number of likely N-dealkylation sites (tertiary alicyclic amines) is 1. The molecule has 2 heterocycles. The van der Waals surface area contributed by atoms with Gasteiger partial charge in [0.15, 0.2) is 0 Å². The molecule has 1 aliphatic rings. The van der Waals surface area contributed by atoms with E-state index in [-0.39, 0.29) is 17.9 Å². The van der Waals surface area contributed by atoms with Gasteiger partial charge >= 0.3 is 11.9 Å². The third-order valence-electron chi connectivity index (χ3n) is 3.76. The summed E-state index contributed by atoms with van der Waals surface area (Å²) >= 11 is 0. The van der Waals surface area contributed by atoms with Crippen LogP contribution in [-0.4, -0.2) is 48.8 Å². The molecule has 0 N–H and O–H groups in total. The monoisotopic (exact) mass is 296 g/mol. The van der Waals surface area contributed by atoms with E-state index in [2.05, 4.69) is 5.16 Å². The molecule has 7 nitrogen and oxygen atoms in total. The maximum absolute atomic E-state index is 12.0. The fourth-order valence-corrected chi connectivity index (χ4v) is 2.67. The maximum atomic E-state index is 12.0. The Bertz CT molecular complexity index is 513. The topological polar surface area (TPSA) is 81.9 Å². The van der Waals surface area contributed by atoms with Crippen LogP contribution in [0.4, 0.5) is 0 Å². The fourth-order valence-electron chi connectivity index (χ4n) is 2.67. The van der Waals surface area contributed by atoms with Gasteiger partial charge in [0, 0.05) is 19.2 Å². The molecule has 2 rings (SSSR count). The molecule has 1 aromatic heterocycles. The standard InChI is InChI=1S/C14H20N2O5/c1-9-6-11(15-21-9)8-16-5-4-10(13(17)19-2)7-12(16)14(18)20-3/h6,10,12H,4-5,7-8H2,1-3H3/t10-,12+/m0/s1. The van der Waals surface area contributed by atoms with Crippen molar-refractivity contribution in [1.29, 1.82) is 0 Å². The maximum Gasteiger partial charge on any atom is 0.323 e. The number of carbonyl (C=O) groups is 2. The molecule has 7 heteroatoms. The second-order valence-electron chi connectivity index (χ2n) is 5.18. The summed E-state index contributed by atoms with van der Waals surface area (Å²) in [6.45, 7) is 2.91. The van der Waals surface area contributed by atoms with Gasteiger partial charge < -0.3 is 14.0 Å². The van der Waals surface area contributed by atoms with Crippen LogP contribution in [0.2, 0.25) is 0 Å². The SMILES string of the molecule is COC(=O)[C@H]1CCN(Cc2cc(C)on2)[C@@H](C(=O)OC)C1. The quantitative estimate of drug-likeness (QED) is 0.764. The van der Waals surface area contributed by atoms with Crippen LogP contribution in [-0.2, 0) is 25.6 Å². The number of hydrogen-bond donors (Lipinski definition) is 0. The molecule has 1 aliphatic heterocycles. The number of aromatic nitrogens is 1. The second-order valence-corrected chi connectivity index (χ2v) is 5.18. The predicted octanol–water partition coefficient (Wildman–Crippen LogP) is 0.910. The van der Waals surface area contributed by atoms with E-state index in [1.165, 1.54) is 14.2 Å². The Kier molecular flexibility index (Phi) is 4.95. The number of ether oxygens (including phenoxy) is 2. The van der Waals surface area contributed by atoms with E-state index in [1.807, 2.05) is 17.9 Å². The Labute approximate surface area is 123 Å². The molecule has 0 amide bonds. The van der Waals surface area contributed by atoms with E-state index >= 15 is 0 Å². The van der Waals surface area contributed by atoms with Crippen LogP contribution in [0, 0.1) is 12.8 Å². The minimum atomic E-state index is -0.468. The summed E-state index contributed by atoms with van der Waals surface area (Å²) in [5, 5.41) is 3.94. The van der Waals surface area contributed by atoms with E-state index in [9.17, 15) is 9.59 Å². The zero-order valence-electron chi connectivity index (χ0n) is 12.5. The number of nitrogens with zero attached hydrogens (tertiary/aromatic N) is 2. The number of rotatable bonds is 4. The van der Waals surface area contributed by atoms with Crippen molar-refractivity contribution >= 4 is 11.9 Å². The molecule has 116 valence electrons. The average Bonchev–Trinajstić information content (AvgIpc) is 2.91. The van der Waals surface area contributed by atoms with Gasteiger partial charge in [0.1, 0.15) is 11.8 Å². The summed E-state index contributed by atoms with van der Waals surface area (Å²) in [6.07, 6.45) is 1.05. The number of esters is 2. The Morgan fingerprint density at radius 1 is 1.38 bits per heavy atom. The average molecular weight is 296 g/mol. The summed E-state index contributed by atoms with van der Waals surface area (Å²) in [5.74, 6) is -0.164. The number of hydrogen-bond acceptors (Lipinski definition) is 7. The molecule has 0 unspecified atom stereocenters. The number of piperidine rings is 1. The smallest absolute Gasteiger partial charge is 0.323 e. The van der Waals surface area contributed by atoms with Crippen molar-refractivity contribution in [2.75, 3.05) is 20.8 Å². The van der Waals surface area contributed by atoms with E-state index in [0.29, 0.717) is 25.9 Å². The predicted molar refractivity (Wildman–Crippen MR) is 72.2 cm³/mol. The van der Waals surface area contributed by atoms with Crippen LogP contribution in [0.5, 0.6) is 0 Å². The van der Waals surface area contributed by atoms with Crippen LogP contribution < -0.4 is 0 Å². The first-order valence-corrected chi connectivity index (χ1v) is 6.87. The van der Waals surface area contributed by atoms with Crippen molar-refractivity contribution in [3.8, 4) is 0 Å². The molecule has 2 atom stereocenters. The van der Waals surface area contributed by atoms with Crippen LogP contribution >= 0.6 is 0 Å². The highest BCUT2D eigenvalue weighted by Crippen LogP contribution is 2.26. The lowest BCUT2D eigenvalue weighted by Crippen LogP contribution is -2.48. The Morgan fingerprint density at radius 2 is 2.10 bits per heavy atom. The van der Waals surface area contributed by atoms with Gasteiger partial charge in [-0.05, 0) is 19.8 Å². The lowest BCUT2D eigenvalue weighted by molar-refractivity contribution is -0.154. The van der Waals surface area contributed by atoms with Crippen molar-refractivity contribution in [2.45, 2.75) is 32.4 Å². The second kappa shape index (κ2) is 6.71. The van der Waals surface area contributed by atoms with Gasteiger partial charge in [0.2, 0.25) is 0 Å². The summed E-state index contributed by atoms with van der Waals surface area (Å²) in [5.41, 5.74) is 0.762. The lowest BCUT2D eigenvalue weighted by atomic mass is 9.90. The van der Waals surface area contributed by atoms with Crippen LogP contribution in [0.1, 0.15) is 24.3 Å². The Balaban J connectivity index is 2.09. The molecule has 21 heavy (non-hydrogen) atoms. The van der Waals surface area contributed by atoms with Crippen molar-refractivity contribution < 1.29 is 23.6 Å². The molecule has 0 aromatic carbocycles. The van der Waals surface area contributed by atoms with Gasteiger partial charge in [0.05, 0.1) is 25.8 Å². The lowest BCUT2D eigenvalue weighted by Gasteiger charge is -2.36. The number of carbonyl (C=O) groups excluding carboxylic acids is 2. The van der Waals surface area contributed by atoms with Crippen molar-refractivity contribution in [1.82, 2.24) is 10.1 Å². The highest BCUT2D eigenvalue weighted by atomic mass is 16.5. The zero-order chi connectivity index (χ0) is 15.4. The molecule has 0 saturated carbocycles. The molecule has 0 bridgehead atoms. The van der Waals surface area contributed by atoms with Gasteiger partial charge in [-0.25, -0.2) is 0 Å². The minimum absolute atomic E-state index is 0.269. The molecular formula is C14H20N2O5. The van der Waals surface area contributed by atoms with Crippen LogP contribution in [0.15, 0.2) is 10.6 Å². The summed E-state index contributed by atoms with van der Waals surface area (Å²) < 4.78 is 14.7. The first-order chi connectivity index (χ1) is 10.0. The first kappa shape index (κ1) is 15.5. The molecule has 0 spiro atoms. The third-order valence-corrected chi connectivity index (χ3v) is 3.76. The van der Waals surface area contributed by atoms with Crippen molar-refractivity contribution in [3.05, 3.63) is 17.5 Å². The van der Waals surface area contributed by atoms with E-state index in [1.54, 1.807) is 0 Å². The number of methoxy groups -OCH3 is 2. The normalized spacial score (nSPS) is 22.8. The van der Waals surface area contributed by atoms with Gasteiger partial charge in [-0.3, -0.25) is 14.5 Å². The molecule has 1 fully saturated rings. The van der Waals surface area contributed by atoms with E-state index in [0.717, 1.165) is 11.5 Å². The highest BCUT2D eigenvalue weighted by Gasteiger charge is 2.37. The minimum Gasteiger partial charge on any atom is -0.469 e. The highest BCUT2D eigenvalue weighted by molar-refractivity contribution is 5.78. The molecule has 1 aromatic rings. The molecular weight excluding hydrogens is 276 g/mol. The van der Waals surface area contributed by atoms with Gasteiger partial charge in [0.25, 0.3) is 0 Å². The Hall–Kier alpha value is -1.89. The van der Waals surface area contributed by atoms with E-state index in [4.69, 9.17) is 14.0 Å². The van der Waals surface area contributed by atoms with Gasteiger partial charge in [-0.1, -0.05) is 5.16 Å². The zero-order valence-corrected chi connectivity index (χ0v) is 12.5. The van der Waals surface area contributed by atoms with Crippen molar-refractivity contribution in [2.24, 2.45) is 5.92 Å². The van der Waals surface area contributed by atoms with E-state index < -0.39 is 6.04 Å². The van der Waals surface area contributed by atoms with Gasteiger partial charge in [-0.15, -0.1) is 0 Å². The number of aryl methyl sites for hydroxylation is 1. The third kappa shape index (κ3) is 3.60. The first-order valence-electron chi connectivity index (χ1n) is 6.87. The molecule has 0 aliphatic carbocycles. The molecule has 0 radical (unpaired) electrons. The largest absolute Gasteiger partial charge is 0.469 e. The van der Waals surface area contributed by atoms with Gasteiger partial charge in [-0.2, -0.15) is 0 Å². The summed E-state index contributed by atoms with van der Waals surface area (Å²) in [4.78, 5) is 25.6. The fraction of sp³-hybridized carbons (Fsp3) is 0.643. The summed E-state index contributed by atoms with van der Waals surface area (Å²) in [7, 11) is 2.71. The van der Waals surface area contributed by atoms with Crippen molar-refractivity contribution in [3.63, 3.8) is 0 Å². The Morgan fingerprint density at radius 3 is 2.67 bits per heavy atom. The van der Waals surface area contributed by atoms with Crippen LogP contribution in [0.3, 0.4) is 0 Å². The summed E-state index contributed by atoms with van der Waals surface area (Å²) in [6, 6.07) is 1.37. The molecule has 1 saturated heterocycles.